The molecule has 164 valence electrons. The van der Waals surface area contributed by atoms with Gasteiger partial charge in [-0.15, -0.1) is 0 Å². The van der Waals surface area contributed by atoms with E-state index >= 15 is 0 Å². The molecule has 2 amide bonds. The summed E-state index contributed by atoms with van der Waals surface area (Å²) >= 11 is 9.44. The van der Waals surface area contributed by atoms with E-state index in [1.165, 1.54) is 0 Å². The number of benzene rings is 2. The van der Waals surface area contributed by atoms with Crippen molar-refractivity contribution in [1.29, 1.82) is 0 Å². The highest BCUT2D eigenvalue weighted by atomic mass is 79.9. The normalized spacial score (nSPS) is 14.2. The molecule has 0 fully saturated rings. The van der Waals surface area contributed by atoms with Crippen molar-refractivity contribution < 1.29 is 14.0 Å². The third-order valence-corrected chi connectivity index (χ3v) is 6.18. The van der Waals surface area contributed by atoms with Crippen LogP contribution in [-0.4, -0.2) is 17.5 Å². The van der Waals surface area contributed by atoms with Gasteiger partial charge >= 0.3 is 0 Å². The van der Waals surface area contributed by atoms with E-state index in [2.05, 4.69) is 31.8 Å². The maximum atomic E-state index is 12.9. The van der Waals surface area contributed by atoms with Gasteiger partial charge in [-0.05, 0) is 78.5 Å². The predicted octanol–water partition coefficient (Wildman–Crippen LogP) is 6.04. The van der Waals surface area contributed by atoms with Crippen LogP contribution >= 0.6 is 27.5 Å². The van der Waals surface area contributed by atoms with Crippen LogP contribution in [0.15, 0.2) is 56.5 Å². The second-order valence-corrected chi connectivity index (χ2v) is 8.95. The van der Waals surface area contributed by atoms with Crippen LogP contribution < -0.4 is 10.7 Å². The minimum absolute atomic E-state index is 0.248. The summed E-state index contributed by atoms with van der Waals surface area (Å²) in [6.45, 7) is 3.81. The van der Waals surface area contributed by atoms with Gasteiger partial charge < -0.3 is 9.73 Å². The fourth-order valence-corrected chi connectivity index (χ4v) is 4.49. The van der Waals surface area contributed by atoms with E-state index in [-0.39, 0.29) is 17.6 Å². The van der Waals surface area contributed by atoms with E-state index in [1.54, 1.807) is 24.3 Å². The van der Waals surface area contributed by atoms with Gasteiger partial charge in [-0.1, -0.05) is 23.7 Å². The van der Waals surface area contributed by atoms with Crippen LogP contribution in [0.1, 0.15) is 56.2 Å². The average Bonchev–Trinajstić information content (AvgIpc) is 3.11. The molecule has 0 saturated carbocycles. The van der Waals surface area contributed by atoms with Crippen LogP contribution in [0.3, 0.4) is 0 Å². The molecule has 0 aliphatic heterocycles. The average molecular weight is 515 g/mol. The van der Waals surface area contributed by atoms with Crippen molar-refractivity contribution in [3.05, 3.63) is 85.7 Å². The Morgan fingerprint density at radius 3 is 2.66 bits per heavy atom. The summed E-state index contributed by atoms with van der Waals surface area (Å²) in [6.07, 6.45) is 2.20. The molecular formula is C24H21BrClN3O3. The summed E-state index contributed by atoms with van der Waals surface area (Å²) in [5.74, 6) is 0.273. The lowest BCUT2D eigenvalue weighted by Crippen LogP contribution is -2.22. The van der Waals surface area contributed by atoms with Crippen molar-refractivity contribution in [3.8, 4) is 0 Å². The first-order chi connectivity index (χ1) is 15.3. The molecule has 1 aliphatic rings. The van der Waals surface area contributed by atoms with Crippen LogP contribution in [-0.2, 0) is 6.42 Å². The molecule has 0 spiro atoms. The SMILES string of the molecule is Cc1ccc(NC(=O)c2oc3c(c2C)/C(=N/NC(=O)c2cccc(Cl)c2)CCC3)c(Br)c1. The van der Waals surface area contributed by atoms with Crippen molar-refractivity contribution in [1.82, 2.24) is 5.43 Å². The highest BCUT2D eigenvalue weighted by Crippen LogP contribution is 2.31. The molecule has 0 radical (unpaired) electrons. The zero-order valence-electron chi connectivity index (χ0n) is 17.6. The molecule has 0 atom stereocenters. The van der Waals surface area contributed by atoms with Gasteiger partial charge in [0, 0.05) is 32.6 Å². The number of anilines is 1. The van der Waals surface area contributed by atoms with Gasteiger partial charge in [0.05, 0.1) is 11.4 Å². The lowest BCUT2D eigenvalue weighted by Gasteiger charge is -2.13. The molecule has 1 aromatic heterocycles. The Bertz CT molecular complexity index is 1250. The molecule has 0 saturated heterocycles. The molecule has 1 aliphatic carbocycles. The Hall–Kier alpha value is -2.90. The van der Waals surface area contributed by atoms with Crippen LogP contribution in [0.2, 0.25) is 5.02 Å². The van der Waals surface area contributed by atoms with Crippen molar-refractivity contribution in [2.45, 2.75) is 33.1 Å². The second-order valence-electron chi connectivity index (χ2n) is 7.66. The maximum Gasteiger partial charge on any atom is 0.291 e. The third-order valence-electron chi connectivity index (χ3n) is 5.28. The minimum Gasteiger partial charge on any atom is -0.455 e. The number of hydrogen-bond donors (Lipinski definition) is 2. The van der Waals surface area contributed by atoms with Crippen molar-refractivity contribution in [3.63, 3.8) is 0 Å². The number of amides is 2. The van der Waals surface area contributed by atoms with Crippen LogP contribution in [0.25, 0.3) is 0 Å². The smallest absolute Gasteiger partial charge is 0.291 e. The van der Waals surface area contributed by atoms with E-state index in [4.69, 9.17) is 16.0 Å². The van der Waals surface area contributed by atoms with Crippen molar-refractivity contribution in [2.75, 3.05) is 5.32 Å². The lowest BCUT2D eigenvalue weighted by molar-refractivity contribution is 0.0953. The molecule has 3 aromatic rings. The summed E-state index contributed by atoms with van der Waals surface area (Å²) in [7, 11) is 0. The van der Waals surface area contributed by atoms with Crippen LogP contribution in [0.4, 0.5) is 5.69 Å². The number of carbonyl (C=O) groups is 2. The molecule has 0 bridgehead atoms. The zero-order valence-corrected chi connectivity index (χ0v) is 19.9. The van der Waals surface area contributed by atoms with Gasteiger partial charge in [-0.2, -0.15) is 5.10 Å². The van der Waals surface area contributed by atoms with E-state index in [0.29, 0.717) is 46.2 Å². The Kier molecular flexibility index (Phi) is 6.48. The number of hydrogen-bond acceptors (Lipinski definition) is 4. The molecule has 8 heteroatoms. The fraction of sp³-hybridized carbons (Fsp3) is 0.208. The summed E-state index contributed by atoms with van der Waals surface area (Å²) in [5, 5.41) is 7.72. The number of halogens is 2. The van der Waals surface area contributed by atoms with Gasteiger partial charge in [0.2, 0.25) is 0 Å². The quantitative estimate of drug-likeness (QED) is 0.417. The highest BCUT2D eigenvalue weighted by molar-refractivity contribution is 9.10. The first-order valence-corrected chi connectivity index (χ1v) is 11.3. The van der Waals surface area contributed by atoms with Gasteiger partial charge in [-0.3, -0.25) is 9.59 Å². The number of hydrazone groups is 1. The van der Waals surface area contributed by atoms with E-state index in [9.17, 15) is 9.59 Å². The minimum atomic E-state index is -0.351. The Morgan fingerprint density at radius 2 is 1.91 bits per heavy atom. The largest absolute Gasteiger partial charge is 0.455 e. The van der Waals surface area contributed by atoms with E-state index in [1.807, 2.05) is 32.0 Å². The topological polar surface area (TPSA) is 83.7 Å². The molecular weight excluding hydrogens is 494 g/mol. The first-order valence-electron chi connectivity index (χ1n) is 10.2. The monoisotopic (exact) mass is 513 g/mol. The van der Waals surface area contributed by atoms with Crippen LogP contribution in [0, 0.1) is 13.8 Å². The molecule has 0 unspecified atom stereocenters. The number of fused-ring (bicyclic) bond motifs is 1. The van der Waals surface area contributed by atoms with Gasteiger partial charge in [0.25, 0.3) is 11.8 Å². The van der Waals surface area contributed by atoms with Crippen molar-refractivity contribution >= 4 is 50.7 Å². The van der Waals surface area contributed by atoms with Gasteiger partial charge in [0.15, 0.2) is 5.76 Å². The third kappa shape index (κ3) is 4.64. The second kappa shape index (κ2) is 9.30. The van der Waals surface area contributed by atoms with Gasteiger partial charge in [-0.25, -0.2) is 5.43 Å². The number of aryl methyl sites for hydroxylation is 2. The Balaban J connectivity index is 1.57. The maximum absolute atomic E-state index is 12.9. The Morgan fingerprint density at radius 1 is 1.09 bits per heavy atom. The highest BCUT2D eigenvalue weighted by Gasteiger charge is 2.28. The lowest BCUT2D eigenvalue weighted by atomic mass is 9.93. The first kappa shape index (κ1) is 22.3. The van der Waals surface area contributed by atoms with Crippen molar-refractivity contribution in [2.24, 2.45) is 5.10 Å². The fourth-order valence-electron chi connectivity index (χ4n) is 3.71. The molecule has 1 heterocycles. The number of nitrogens with zero attached hydrogens (tertiary/aromatic N) is 1. The number of carbonyl (C=O) groups excluding carboxylic acids is 2. The molecule has 32 heavy (non-hydrogen) atoms. The van der Waals surface area contributed by atoms with Gasteiger partial charge in [0.1, 0.15) is 5.76 Å². The zero-order chi connectivity index (χ0) is 22.8. The number of rotatable bonds is 4. The number of furan rings is 1. The molecule has 2 aromatic carbocycles. The summed E-state index contributed by atoms with van der Waals surface area (Å²) in [6, 6.07) is 12.4. The summed E-state index contributed by atoms with van der Waals surface area (Å²) in [4.78, 5) is 25.4. The number of nitrogens with one attached hydrogen (secondary N) is 2. The molecule has 6 nitrogen and oxygen atoms in total. The van der Waals surface area contributed by atoms with E-state index in [0.717, 1.165) is 22.0 Å². The summed E-state index contributed by atoms with van der Waals surface area (Å²) in [5.41, 5.74) is 6.95. The van der Waals surface area contributed by atoms with Crippen LogP contribution in [0.5, 0.6) is 0 Å². The molecule has 4 rings (SSSR count). The Labute approximate surface area is 199 Å². The standard InChI is InChI=1S/C24H21BrClN3O3/c1-13-9-10-18(17(25)11-13)27-24(31)22-14(2)21-19(7-4-8-20(21)32-22)28-29-23(30)15-5-3-6-16(26)12-15/h3,5-6,9-12H,4,7-8H2,1-2H3,(H,27,31)(H,29,30)/b28-19+. The summed E-state index contributed by atoms with van der Waals surface area (Å²) < 4.78 is 6.73. The molecule has 2 N–H and O–H groups in total. The predicted molar refractivity (Wildman–Crippen MR) is 129 cm³/mol. The van der Waals surface area contributed by atoms with E-state index < -0.39 is 0 Å².